The van der Waals surface area contributed by atoms with E-state index in [1.54, 1.807) is 11.8 Å². The van der Waals surface area contributed by atoms with Crippen molar-refractivity contribution in [3.63, 3.8) is 0 Å². The minimum absolute atomic E-state index is 0.0162. The summed E-state index contributed by atoms with van der Waals surface area (Å²) >= 11 is 5.21. The number of halogens is 1. The molecule has 1 unspecified atom stereocenters. The van der Waals surface area contributed by atoms with Gasteiger partial charge in [0, 0.05) is 26.5 Å². The van der Waals surface area contributed by atoms with Crippen LogP contribution in [0.1, 0.15) is 18.7 Å². The van der Waals surface area contributed by atoms with Gasteiger partial charge in [0.1, 0.15) is 0 Å². The van der Waals surface area contributed by atoms with E-state index < -0.39 is 0 Å². The SMILES string of the molecule is CC(N)c1ccc(Sc2ccccc2Br)cn1. The molecule has 1 heterocycles. The van der Waals surface area contributed by atoms with E-state index in [2.05, 4.69) is 33.0 Å². The van der Waals surface area contributed by atoms with Crippen molar-refractivity contribution in [3.8, 4) is 0 Å². The van der Waals surface area contributed by atoms with Crippen LogP contribution in [-0.4, -0.2) is 4.98 Å². The molecule has 4 heteroatoms. The third kappa shape index (κ3) is 3.31. The van der Waals surface area contributed by atoms with E-state index in [4.69, 9.17) is 5.73 Å². The molecule has 0 fully saturated rings. The molecule has 0 saturated heterocycles. The lowest BCUT2D eigenvalue weighted by Crippen LogP contribution is -2.06. The largest absolute Gasteiger partial charge is 0.323 e. The van der Waals surface area contributed by atoms with Gasteiger partial charge in [0.05, 0.1) is 5.69 Å². The normalized spacial score (nSPS) is 12.4. The van der Waals surface area contributed by atoms with Crippen LogP contribution in [-0.2, 0) is 0 Å². The first-order valence-corrected chi connectivity index (χ1v) is 6.91. The number of aromatic nitrogens is 1. The van der Waals surface area contributed by atoms with Gasteiger partial charge in [-0.05, 0) is 47.1 Å². The molecule has 0 spiro atoms. The van der Waals surface area contributed by atoms with Gasteiger partial charge >= 0.3 is 0 Å². The molecule has 0 aliphatic carbocycles. The number of rotatable bonds is 3. The Morgan fingerprint density at radius 3 is 2.59 bits per heavy atom. The smallest absolute Gasteiger partial charge is 0.0569 e. The van der Waals surface area contributed by atoms with Gasteiger partial charge in [-0.15, -0.1) is 0 Å². The highest BCUT2D eigenvalue weighted by Gasteiger charge is 2.04. The standard InChI is InChI=1S/C13H13BrN2S/c1-9(15)12-7-6-10(8-16-12)17-13-5-3-2-4-11(13)14/h2-9H,15H2,1H3. The van der Waals surface area contributed by atoms with Crippen molar-refractivity contribution in [2.45, 2.75) is 22.8 Å². The molecule has 0 aliphatic rings. The highest BCUT2D eigenvalue weighted by Crippen LogP contribution is 2.32. The maximum Gasteiger partial charge on any atom is 0.0569 e. The molecule has 17 heavy (non-hydrogen) atoms. The van der Waals surface area contributed by atoms with E-state index in [0.29, 0.717) is 0 Å². The topological polar surface area (TPSA) is 38.9 Å². The fourth-order valence-corrected chi connectivity index (χ4v) is 2.71. The second-order valence-corrected chi connectivity index (χ2v) is 5.71. The number of hydrogen-bond donors (Lipinski definition) is 1. The number of nitrogens with two attached hydrogens (primary N) is 1. The van der Waals surface area contributed by atoms with E-state index in [9.17, 15) is 0 Å². The Morgan fingerprint density at radius 1 is 1.24 bits per heavy atom. The van der Waals surface area contributed by atoms with Crippen LogP contribution in [0.4, 0.5) is 0 Å². The molecule has 2 nitrogen and oxygen atoms in total. The monoisotopic (exact) mass is 308 g/mol. The van der Waals surface area contributed by atoms with Gasteiger partial charge in [0.25, 0.3) is 0 Å². The summed E-state index contributed by atoms with van der Waals surface area (Å²) < 4.78 is 1.10. The predicted octanol–water partition coefficient (Wildman–Crippen LogP) is 4.02. The molecule has 0 amide bonds. The highest BCUT2D eigenvalue weighted by atomic mass is 79.9. The molecule has 0 aliphatic heterocycles. The Labute approximate surface area is 114 Å². The third-order valence-corrected chi connectivity index (χ3v) is 4.30. The van der Waals surface area contributed by atoms with E-state index >= 15 is 0 Å². The van der Waals surface area contributed by atoms with Crippen LogP contribution < -0.4 is 5.73 Å². The summed E-state index contributed by atoms with van der Waals surface area (Å²) in [4.78, 5) is 6.64. The van der Waals surface area contributed by atoms with Gasteiger partial charge in [-0.1, -0.05) is 23.9 Å². The van der Waals surface area contributed by atoms with Crippen molar-refractivity contribution in [1.29, 1.82) is 0 Å². The Balaban J connectivity index is 2.17. The number of nitrogens with zero attached hydrogens (tertiary/aromatic N) is 1. The van der Waals surface area contributed by atoms with Crippen molar-refractivity contribution in [1.82, 2.24) is 4.98 Å². The van der Waals surface area contributed by atoms with E-state index in [1.165, 1.54) is 4.90 Å². The van der Waals surface area contributed by atoms with E-state index in [-0.39, 0.29) is 6.04 Å². The van der Waals surface area contributed by atoms with Crippen molar-refractivity contribution in [2.75, 3.05) is 0 Å². The molecule has 88 valence electrons. The van der Waals surface area contributed by atoms with Crippen molar-refractivity contribution in [2.24, 2.45) is 5.73 Å². The summed E-state index contributed by atoms with van der Waals surface area (Å²) in [5, 5.41) is 0. The fraction of sp³-hybridized carbons (Fsp3) is 0.154. The summed E-state index contributed by atoms with van der Waals surface area (Å²) in [6.07, 6.45) is 1.86. The number of pyridine rings is 1. The Kier molecular flexibility index (Phi) is 4.20. The summed E-state index contributed by atoms with van der Waals surface area (Å²) in [5.74, 6) is 0. The quantitative estimate of drug-likeness (QED) is 0.931. The Bertz CT molecular complexity index is 497. The molecule has 1 aromatic heterocycles. The molecule has 0 saturated carbocycles. The zero-order chi connectivity index (χ0) is 12.3. The fourth-order valence-electron chi connectivity index (χ4n) is 1.38. The van der Waals surface area contributed by atoms with Gasteiger partial charge in [0.2, 0.25) is 0 Å². The van der Waals surface area contributed by atoms with Crippen LogP contribution in [0.3, 0.4) is 0 Å². The van der Waals surface area contributed by atoms with Crippen LogP contribution in [0, 0.1) is 0 Å². The maximum atomic E-state index is 5.76. The Hall–Kier alpha value is -0.840. The van der Waals surface area contributed by atoms with Crippen LogP contribution in [0.15, 0.2) is 56.9 Å². The zero-order valence-electron chi connectivity index (χ0n) is 9.43. The minimum atomic E-state index is -0.0162. The van der Waals surface area contributed by atoms with Gasteiger partial charge in [-0.3, -0.25) is 4.98 Å². The lowest BCUT2D eigenvalue weighted by Gasteiger charge is -2.06. The van der Waals surface area contributed by atoms with Crippen molar-refractivity contribution in [3.05, 3.63) is 52.8 Å². The highest BCUT2D eigenvalue weighted by molar-refractivity contribution is 9.10. The third-order valence-electron chi connectivity index (χ3n) is 2.29. The molecular formula is C13H13BrN2S. The molecular weight excluding hydrogens is 296 g/mol. The zero-order valence-corrected chi connectivity index (χ0v) is 11.8. The van der Waals surface area contributed by atoms with E-state index in [1.807, 2.05) is 37.4 Å². The lowest BCUT2D eigenvalue weighted by atomic mass is 10.2. The van der Waals surface area contributed by atoms with Crippen LogP contribution in [0.25, 0.3) is 0 Å². The van der Waals surface area contributed by atoms with Gasteiger partial charge in [-0.25, -0.2) is 0 Å². The Morgan fingerprint density at radius 2 is 2.00 bits per heavy atom. The minimum Gasteiger partial charge on any atom is -0.323 e. The summed E-state index contributed by atoms with van der Waals surface area (Å²) in [6.45, 7) is 1.93. The second-order valence-electron chi connectivity index (χ2n) is 3.74. The summed E-state index contributed by atoms with van der Waals surface area (Å²) in [5.41, 5.74) is 6.68. The van der Waals surface area contributed by atoms with Gasteiger partial charge in [-0.2, -0.15) is 0 Å². The molecule has 2 aromatic rings. The summed E-state index contributed by atoms with van der Waals surface area (Å²) in [7, 11) is 0. The van der Waals surface area contributed by atoms with Gasteiger partial charge < -0.3 is 5.73 Å². The number of hydrogen-bond acceptors (Lipinski definition) is 3. The average molecular weight is 309 g/mol. The van der Waals surface area contributed by atoms with Crippen LogP contribution in [0.5, 0.6) is 0 Å². The second kappa shape index (κ2) is 5.67. The first-order valence-electron chi connectivity index (χ1n) is 5.31. The van der Waals surface area contributed by atoms with Crippen molar-refractivity contribution < 1.29 is 0 Å². The van der Waals surface area contributed by atoms with Crippen molar-refractivity contribution >= 4 is 27.7 Å². The maximum absolute atomic E-state index is 5.76. The molecule has 0 bridgehead atoms. The van der Waals surface area contributed by atoms with Crippen LogP contribution >= 0.6 is 27.7 Å². The van der Waals surface area contributed by atoms with E-state index in [0.717, 1.165) is 15.1 Å². The average Bonchev–Trinajstić information content (AvgIpc) is 2.33. The number of benzene rings is 1. The van der Waals surface area contributed by atoms with Crippen LogP contribution in [0.2, 0.25) is 0 Å². The summed E-state index contributed by atoms with van der Waals surface area (Å²) in [6, 6.07) is 12.2. The molecule has 1 aromatic carbocycles. The molecule has 2 rings (SSSR count). The molecule has 1 atom stereocenters. The first kappa shape index (κ1) is 12.6. The predicted molar refractivity (Wildman–Crippen MR) is 75.1 cm³/mol. The molecule has 0 radical (unpaired) electrons. The lowest BCUT2D eigenvalue weighted by molar-refractivity contribution is 0.777. The first-order chi connectivity index (χ1) is 8.16. The van der Waals surface area contributed by atoms with Gasteiger partial charge in [0.15, 0.2) is 0 Å². The molecule has 2 N–H and O–H groups in total.